The maximum Gasteiger partial charge on any atom is 0.287 e. The highest BCUT2D eigenvalue weighted by Crippen LogP contribution is 2.40. The highest BCUT2D eigenvalue weighted by atomic mass is 32.1. The summed E-state index contributed by atoms with van der Waals surface area (Å²) in [7, 11) is 3.18. The lowest BCUT2D eigenvalue weighted by Gasteiger charge is -2.21. The average Bonchev–Trinajstić information content (AvgIpc) is 2.66. The second kappa shape index (κ2) is 4.78. The van der Waals surface area contributed by atoms with Crippen LogP contribution in [0, 0.1) is 6.92 Å². The van der Waals surface area contributed by atoms with Crippen molar-refractivity contribution in [2.75, 3.05) is 14.2 Å². The number of nitrogens with zero attached hydrogens (tertiary/aromatic N) is 1. The van der Waals surface area contributed by atoms with Crippen LogP contribution in [0.1, 0.15) is 51.4 Å². The maximum atomic E-state index is 12.2. The SMILES string of the molecule is CON(C)C(=O)c1sc(C)c2c1CCCC2C. The van der Waals surface area contributed by atoms with Crippen molar-refractivity contribution in [2.24, 2.45) is 0 Å². The molecule has 1 aromatic rings. The largest absolute Gasteiger partial charge is 0.287 e. The number of hydrogen-bond donors (Lipinski definition) is 0. The van der Waals surface area contributed by atoms with E-state index in [4.69, 9.17) is 4.84 Å². The highest BCUT2D eigenvalue weighted by Gasteiger charge is 2.28. The van der Waals surface area contributed by atoms with E-state index in [-0.39, 0.29) is 5.91 Å². The van der Waals surface area contributed by atoms with Crippen LogP contribution >= 0.6 is 11.3 Å². The van der Waals surface area contributed by atoms with Crippen molar-refractivity contribution in [1.82, 2.24) is 5.06 Å². The summed E-state index contributed by atoms with van der Waals surface area (Å²) in [5.41, 5.74) is 2.68. The molecule has 1 unspecified atom stereocenters. The molecule has 0 saturated carbocycles. The molecule has 0 saturated heterocycles. The van der Waals surface area contributed by atoms with E-state index in [1.807, 2.05) is 0 Å². The molecule has 2 rings (SSSR count). The fraction of sp³-hybridized carbons (Fsp3) is 0.615. The Balaban J connectivity index is 2.43. The van der Waals surface area contributed by atoms with Gasteiger partial charge in [-0.2, -0.15) is 0 Å². The normalized spacial score (nSPS) is 18.9. The molecule has 0 spiro atoms. The Morgan fingerprint density at radius 3 is 2.88 bits per heavy atom. The molecule has 1 amide bonds. The first-order valence-corrected chi connectivity index (χ1v) is 6.82. The Morgan fingerprint density at radius 1 is 1.53 bits per heavy atom. The van der Waals surface area contributed by atoms with Gasteiger partial charge in [0.1, 0.15) is 0 Å². The van der Waals surface area contributed by atoms with Crippen LogP contribution in [0.2, 0.25) is 0 Å². The molecular formula is C13H19NO2S. The summed E-state index contributed by atoms with van der Waals surface area (Å²) in [6, 6.07) is 0. The maximum absolute atomic E-state index is 12.2. The second-order valence-corrected chi connectivity index (χ2v) is 5.88. The second-order valence-electron chi connectivity index (χ2n) is 4.66. The van der Waals surface area contributed by atoms with Gasteiger partial charge in [-0.05, 0) is 43.2 Å². The van der Waals surface area contributed by atoms with Gasteiger partial charge in [-0.1, -0.05) is 6.92 Å². The van der Waals surface area contributed by atoms with Gasteiger partial charge in [0.15, 0.2) is 0 Å². The van der Waals surface area contributed by atoms with E-state index in [2.05, 4.69) is 13.8 Å². The van der Waals surface area contributed by atoms with E-state index in [0.717, 1.165) is 11.3 Å². The standard InChI is InChI=1S/C13H19NO2S/c1-8-6-5-7-10-11(8)9(2)17-12(10)13(15)14(3)16-4/h8H,5-7H2,1-4H3. The molecule has 17 heavy (non-hydrogen) atoms. The zero-order valence-corrected chi connectivity index (χ0v) is 11.7. The van der Waals surface area contributed by atoms with Crippen molar-refractivity contribution in [3.8, 4) is 0 Å². The van der Waals surface area contributed by atoms with Crippen LogP contribution in [-0.4, -0.2) is 25.1 Å². The van der Waals surface area contributed by atoms with Crippen molar-refractivity contribution in [1.29, 1.82) is 0 Å². The summed E-state index contributed by atoms with van der Waals surface area (Å²) in [5, 5.41) is 1.31. The van der Waals surface area contributed by atoms with E-state index < -0.39 is 0 Å². The van der Waals surface area contributed by atoms with Crippen molar-refractivity contribution in [3.05, 3.63) is 20.9 Å². The van der Waals surface area contributed by atoms with Gasteiger partial charge in [0, 0.05) is 11.9 Å². The summed E-state index contributed by atoms with van der Waals surface area (Å²) in [6.45, 7) is 4.38. The van der Waals surface area contributed by atoms with Crippen LogP contribution in [-0.2, 0) is 11.3 Å². The zero-order chi connectivity index (χ0) is 12.6. The van der Waals surface area contributed by atoms with Gasteiger partial charge in [0.2, 0.25) is 0 Å². The smallest absolute Gasteiger partial charge is 0.274 e. The van der Waals surface area contributed by atoms with E-state index in [1.54, 1.807) is 18.4 Å². The average molecular weight is 253 g/mol. The molecule has 0 N–H and O–H groups in total. The Kier molecular flexibility index (Phi) is 3.54. The number of aryl methyl sites for hydroxylation is 1. The predicted octanol–water partition coefficient (Wildman–Crippen LogP) is 3.13. The van der Waals surface area contributed by atoms with Gasteiger partial charge in [0.25, 0.3) is 5.91 Å². The minimum absolute atomic E-state index is 0.0176. The van der Waals surface area contributed by atoms with Crippen LogP contribution in [0.3, 0.4) is 0 Å². The lowest BCUT2D eigenvalue weighted by Crippen LogP contribution is -2.25. The Bertz CT molecular complexity index is 439. The molecule has 0 aromatic carbocycles. The van der Waals surface area contributed by atoms with E-state index in [1.165, 1.54) is 41.0 Å². The van der Waals surface area contributed by atoms with E-state index >= 15 is 0 Å². The highest BCUT2D eigenvalue weighted by molar-refractivity contribution is 7.14. The van der Waals surface area contributed by atoms with Crippen molar-refractivity contribution in [3.63, 3.8) is 0 Å². The lowest BCUT2D eigenvalue weighted by molar-refractivity contribution is -0.0754. The van der Waals surface area contributed by atoms with Gasteiger partial charge in [-0.15, -0.1) is 11.3 Å². The van der Waals surface area contributed by atoms with Crippen LogP contribution < -0.4 is 0 Å². The van der Waals surface area contributed by atoms with E-state index in [9.17, 15) is 4.79 Å². The van der Waals surface area contributed by atoms with Crippen molar-refractivity contribution >= 4 is 17.2 Å². The summed E-state index contributed by atoms with van der Waals surface area (Å²) in [5.74, 6) is 0.570. The number of hydroxylamine groups is 2. The van der Waals surface area contributed by atoms with Gasteiger partial charge in [0.05, 0.1) is 12.0 Å². The van der Waals surface area contributed by atoms with Crippen molar-refractivity contribution in [2.45, 2.75) is 39.0 Å². The van der Waals surface area contributed by atoms with Gasteiger partial charge in [-0.3, -0.25) is 9.63 Å². The number of fused-ring (bicyclic) bond motifs is 1. The van der Waals surface area contributed by atoms with Gasteiger partial charge < -0.3 is 0 Å². The zero-order valence-electron chi connectivity index (χ0n) is 10.9. The minimum Gasteiger partial charge on any atom is -0.274 e. The third-order valence-electron chi connectivity index (χ3n) is 3.54. The molecule has 1 heterocycles. The van der Waals surface area contributed by atoms with E-state index in [0.29, 0.717) is 5.92 Å². The van der Waals surface area contributed by atoms with Gasteiger partial charge in [-0.25, -0.2) is 5.06 Å². The Labute approximate surface area is 106 Å². The van der Waals surface area contributed by atoms with Crippen LogP contribution in [0.25, 0.3) is 0 Å². The first kappa shape index (κ1) is 12.6. The predicted molar refractivity (Wildman–Crippen MR) is 69.5 cm³/mol. The molecule has 4 heteroatoms. The summed E-state index contributed by atoms with van der Waals surface area (Å²) < 4.78 is 0. The molecule has 0 bridgehead atoms. The molecule has 0 radical (unpaired) electrons. The van der Waals surface area contributed by atoms with Crippen LogP contribution in [0.5, 0.6) is 0 Å². The molecule has 94 valence electrons. The number of carbonyl (C=O) groups is 1. The van der Waals surface area contributed by atoms with Crippen molar-refractivity contribution < 1.29 is 9.63 Å². The molecule has 1 aromatic heterocycles. The number of hydrogen-bond acceptors (Lipinski definition) is 3. The first-order chi connectivity index (χ1) is 8.06. The Morgan fingerprint density at radius 2 is 2.24 bits per heavy atom. The summed E-state index contributed by atoms with van der Waals surface area (Å²) in [4.78, 5) is 19.3. The van der Waals surface area contributed by atoms with Gasteiger partial charge >= 0.3 is 0 Å². The van der Waals surface area contributed by atoms with Crippen LogP contribution in [0.15, 0.2) is 0 Å². The molecule has 0 aliphatic heterocycles. The molecule has 1 aliphatic rings. The third-order valence-corrected chi connectivity index (χ3v) is 4.70. The fourth-order valence-corrected chi connectivity index (χ4v) is 3.92. The lowest BCUT2D eigenvalue weighted by atomic mass is 9.84. The fourth-order valence-electron chi connectivity index (χ4n) is 2.63. The molecular weight excluding hydrogens is 234 g/mol. The monoisotopic (exact) mass is 253 g/mol. The molecule has 1 aliphatic carbocycles. The summed E-state index contributed by atoms with van der Waals surface area (Å²) in [6.07, 6.45) is 3.45. The topological polar surface area (TPSA) is 29.5 Å². The Hall–Kier alpha value is -0.870. The number of thiophene rings is 1. The molecule has 1 atom stereocenters. The van der Waals surface area contributed by atoms with Crippen LogP contribution in [0.4, 0.5) is 0 Å². The number of amides is 1. The third kappa shape index (κ3) is 2.11. The quantitative estimate of drug-likeness (QED) is 0.758. The molecule has 0 fully saturated rings. The summed E-state index contributed by atoms with van der Waals surface area (Å²) >= 11 is 1.61. The first-order valence-electron chi connectivity index (χ1n) is 6.00. The number of rotatable bonds is 2. The minimum atomic E-state index is -0.0176. The molecule has 3 nitrogen and oxygen atoms in total. The number of carbonyl (C=O) groups excluding carboxylic acids is 1.